The molecule has 1 heterocycles. The first-order valence-electron chi connectivity index (χ1n) is 2.88. The zero-order valence-electron chi connectivity index (χ0n) is 5.05. The summed E-state index contributed by atoms with van der Waals surface area (Å²) < 4.78 is 1.18. The highest BCUT2D eigenvalue weighted by atomic mass is 127. The molecule has 1 aromatic rings. The van der Waals surface area contributed by atoms with Crippen LogP contribution in [0, 0.1) is 0 Å². The molecular formula is C7H8IN. The zero-order chi connectivity index (χ0) is 6.53. The molecule has 0 amide bonds. The average Bonchev–Trinajstić information content (AvgIpc) is 1.91. The van der Waals surface area contributed by atoms with Gasteiger partial charge in [0.05, 0.1) is 0 Å². The molecule has 0 spiro atoms. The molecule has 0 aliphatic carbocycles. The Bertz CT molecular complexity index is 162. The molecular weight excluding hydrogens is 225 g/mol. The summed E-state index contributed by atoms with van der Waals surface area (Å²) in [6.45, 7) is 0. The van der Waals surface area contributed by atoms with Gasteiger partial charge in [-0.25, -0.2) is 0 Å². The number of pyridine rings is 1. The van der Waals surface area contributed by atoms with Gasteiger partial charge in [-0.1, -0.05) is 22.6 Å². The van der Waals surface area contributed by atoms with Crippen molar-refractivity contribution < 1.29 is 0 Å². The van der Waals surface area contributed by atoms with Crippen molar-refractivity contribution in [2.75, 3.05) is 4.43 Å². The molecule has 0 N–H and O–H groups in total. The summed E-state index contributed by atoms with van der Waals surface area (Å²) in [5.41, 5.74) is 1.37. The van der Waals surface area contributed by atoms with Crippen LogP contribution in [0.1, 0.15) is 5.56 Å². The molecule has 0 atom stereocenters. The van der Waals surface area contributed by atoms with E-state index in [1.165, 1.54) is 9.99 Å². The Morgan fingerprint density at radius 1 is 1.33 bits per heavy atom. The lowest BCUT2D eigenvalue weighted by atomic mass is 10.2. The van der Waals surface area contributed by atoms with E-state index in [0.29, 0.717) is 0 Å². The maximum Gasteiger partial charge on any atom is 0.0270 e. The van der Waals surface area contributed by atoms with E-state index in [9.17, 15) is 0 Å². The second-order valence-corrected chi connectivity index (χ2v) is 2.87. The molecule has 0 radical (unpaired) electrons. The van der Waals surface area contributed by atoms with Gasteiger partial charge in [0.2, 0.25) is 0 Å². The molecule has 48 valence electrons. The monoisotopic (exact) mass is 233 g/mol. The molecule has 1 rings (SSSR count). The highest BCUT2D eigenvalue weighted by Gasteiger charge is 1.86. The van der Waals surface area contributed by atoms with Gasteiger partial charge < -0.3 is 0 Å². The van der Waals surface area contributed by atoms with Crippen molar-refractivity contribution in [1.29, 1.82) is 0 Å². The number of hydrogen-bond donors (Lipinski definition) is 0. The average molecular weight is 233 g/mol. The molecule has 1 nitrogen and oxygen atoms in total. The van der Waals surface area contributed by atoms with Crippen LogP contribution in [0.25, 0.3) is 0 Å². The van der Waals surface area contributed by atoms with Gasteiger partial charge in [0.1, 0.15) is 0 Å². The van der Waals surface area contributed by atoms with E-state index in [-0.39, 0.29) is 0 Å². The fraction of sp³-hybridized carbons (Fsp3) is 0.286. The van der Waals surface area contributed by atoms with E-state index in [1.54, 1.807) is 0 Å². The Morgan fingerprint density at radius 3 is 2.56 bits per heavy atom. The van der Waals surface area contributed by atoms with Crippen molar-refractivity contribution in [3.05, 3.63) is 30.1 Å². The van der Waals surface area contributed by atoms with Gasteiger partial charge in [-0.05, 0) is 24.1 Å². The van der Waals surface area contributed by atoms with Crippen LogP contribution in [0.2, 0.25) is 0 Å². The largest absolute Gasteiger partial charge is 0.265 e. The summed E-state index contributed by atoms with van der Waals surface area (Å²) in [7, 11) is 0. The van der Waals surface area contributed by atoms with Crippen LogP contribution in [0.5, 0.6) is 0 Å². The number of alkyl halides is 1. The quantitative estimate of drug-likeness (QED) is 0.562. The molecule has 0 unspecified atom stereocenters. The second kappa shape index (κ2) is 3.82. The van der Waals surface area contributed by atoms with Crippen LogP contribution in [0.4, 0.5) is 0 Å². The van der Waals surface area contributed by atoms with Gasteiger partial charge in [0.25, 0.3) is 0 Å². The van der Waals surface area contributed by atoms with E-state index in [0.717, 1.165) is 6.42 Å². The summed E-state index contributed by atoms with van der Waals surface area (Å²) in [6, 6.07) is 4.11. The summed E-state index contributed by atoms with van der Waals surface area (Å²) in [5.74, 6) is 0. The van der Waals surface area contributed by atoms with Crippen LogP contribution >= 0.6 is 22.6 Å². The van der Waals surface area contributed by atoms with E-state index in [1.807, 2.05) is 12.4 Å². The van der Waals surface area contributed by atoms with Gasteiger partial charge in [0, 0.05) is 16.8 Å². The van der Waals surface area contributed by atoms with Crippen molar-refractivity contribution in [2.45, 2.75) is 6.42 Å². The number of nitrogens with zero attached hydrogens (tertiary/aromatic N) is 1. The van der Waals surface area contributed by atoms with Crippen molar-refractivity contribution in [3.63, 3.8) is 0 Å². The number of aromatic nitrogens is 1. The molecule has 1 aromatic heterocycles. The normalized spacial score (nSPS) is 9.44. The Labute approximate surface area is 68.6 Å². The van der Waals surface area contributed by atoms with Gasteiger partial charge in [0.15, 0.2) is 0 Å². The Morgan fingerprint density at radius 2 is 2.00 bits per heavy atom. The van der Waals surface area contributed by atoms with Crippen molar-refractivity contribution in [3.8, 4) is 0 Å². The zero-order valence-corrected chi connectivity index (χ0v) is 7.21. The molecule has 0 aliphatic heterocycles. The number of aryl methyl sites for hydroxylation is 1. The van der Waals surface area contributed by atoms with Gasteiger partial charge in [-0.15, -0.1) is 0 Å². The molecule has 9 heavy (non-hydrogen) atoms. The summed E-state index contributed by atoms with van der Waals surface area (Å²) in [4.78, 5) is 3.93. The Kier molecular flexibility index (Phi) is 2.97. The SMILES string of the molecule is ICCc1ccncc1. The minimum Gasteiger partial charge on any atom is -0.265 e. The van der Waals surface area contributed by atoms with Gasteiger partial charge in [-0.3, -0.25) is 4.98 Å². The fourth-order valence-electron chi connectivity index (χ4n) is 0.659. The first-order valence-corrected chi connectivity index (χ1v) is 4.41. The third-order valence-corrected chi connectivity index (χ3v) is 1.67. The minimum atomic E-state index is 1.16. The summed E-state index contributed by atoms with van der Waals surface area (Å²) >= 11 is 2.37. The lowest BCUT2D eigenvalue weighted by molar-refractivity contribution is 1.15. The number of halogens is 1. The first kappa shape index (κ1) is 6.99. The lowest BCUT2D eigenvalue weighted by Gasteiger charge is -1.92. The molecule has 2 heteroatoms. The van der Waals surface area contributed by atoms with Gasteiger partial charge >= 0.3 is 0 Å². The molecule has 0 fully saturated rings. The number of rotatable bonds is 2. The fourth-order valence-corrected chi connectivity index (χ4v) is 1.28. The predicted octanol–water partition coefficient (Wildman–Crippen LogP) is 2.06. The van der Waals surface area contributed by atoms with Crippen molar-refractivity contribution in [1.82, 2.24) is 4.98 Å². The minimum absolute atomic E-state index is 1.16. The Balaban J connectivity index is 2.61. The maximum atomic E-state index is 3.93. The second-order valence-electron chi connectivity index (χ2n) is 1.79. The number of hydrogen-bond acceptors (Lipinski definition) is 1. The smallest absolute Gasteiger partial charge is 0.0270 e. The van der Waals surface area contributed by atoms with E-state index >= 15 is 0 Å². The lowest BCUT2D eigenvalue weighted by Crippen LogP contribution is -1.83. The van der Waals surface area contributed by atoms with E-state index in [2.05, 4.69) is 39.7 Å². The summed E-state index contributed by atoms with van der Waals surface area (Å²) in [5, 5.41) is 0. The van der Waals surface area contributed by atoms with Crippen LogP contribution < -0.4 is 0 Å². The van der Waals surface area contributed by atoms with Gasteiger partial charge in [-0.2, -0.15) is 0 Å². The van der Waals surface area contributed by atoms with Crippen LogP contribution in [-0.4, -0.2) is 9.41 Å². The molecule has 0 saturated heterocycles. The third-order valence-electron chi connectivity index (χ3n) is 1.13. The van der Waals surface area contributed by atoms with Crippen LogP contribution in [0.15, 0.2) is 24.5 Å². The van der Waals surface area contributed by atoms with E-state index < -0.39 is 0 Å². The predicted molar refractivity (Wildman–Crippen MR) is 46.8 cm³/mol. The van der Waals surface area contributed by atoms with Crippen LogP contribution in [0.3, 0.4) is 0 Å². The molecule has 0 aliphatic rings. The van der Waals surface area contributed by atoms with E-state index in [4.69, 9.17) is 0 Å². The standard InChI is InChI=1S/C7H8IN/c8-4-1-7-2-5-9-6-3-7/h2-3,5-6H,1,4H2. The molecule has 0 aromatic carbocycles. The maximum absolute atomic E-state index is 3.93. The highest BCUT2D eigenvalue weighted by molar-refractivity contribution is 14.1. The van der Waals surface area contributed by atoms with Crippen molar-refractivity contribution in [2.24, 2.45) is 0 Å². The summed E-state index contributed by atoms with van der Waals surface area (Å²) in [6.07, 6.45) is 4.83. The first-order chi connectivity index (χ1) is 4.43. The van der Waals surface area contributed by atoms with Crippen molar-refractivity contribution >= 4 is 22.6 Å². The van der Waals surface area contributed by atoms with Crippen LogP contribution in [-0.2, 0) is 6.42 Å². The Hall–Kier alpha value is -0.120. The molecule has 0 saturated carbocycles. The molecule has 0 bridgehead atoms. The topological polar surface area (TPSA) is 12.9 Å². The third kappa shape index (κ3) is 2.30. The highest BCUT2D eigenvalue weighted by Crippen LogP contribution is 1.98.